The van der Waals surface area contributed by atoms with E-state index in [1.165, 1.54) is 0 Å². The van der Waals surface area contributed by atoms with E-state index in [1.807, 2.05) is 6.42 Å². The van der Waals surface area contributed by atoms with Crippen LogP contribution in [-0.2, 0) is 234 Å². The minimum Gasteiger partial charge on any atom is -0.322 e. The quantitative estimate of drug-likeness (QED) is 0.245. The van der Waals surface area contributed by atoms with Gasteiger partial charge < -0.3 is 11.2 Å². The van der Waals surface area contributed by atoms with Crippen molar-refractivity contribution in [1.29, 1.82) is 0 Å². The third kappa shape index (κ3) is 50.5. The molecule has 0 aromatic rings. The SMILES string of the molecule is CCC[CH-]CC=O.[Y].[Y].[Y].[Y].[Y].[Y].[Y]. The van der Waals surface area contributed by atoms with E-state index in [0.29, 0.717) is 6.42 Å². The van der Waals surface area contributed by atoms with Crippen LogP contribution in [0.5, 0.6) is 0 Å². The molecule has 14 heavy (non-hydrogen) atoms. The number of rotatable bonds is 4. The topological polar surface area (TPSA) is 17.1 Å². The molecular weight excluding hydrogens is 710 g/mol. The molecule has 1 nitrogen and oxygen atoms in total. The van der Waals surface area contributed by atoms with Crippen LogP contribution >= 0.6 is 0 Å². The van der Waals surface area contributed by atoms with Gasteiger partial charge in [-0.15, -0.1) is 6.42 Å². The molecule has 0 aromatic carbocycles. The maximum atomic E-state index is 9.65. The molecule has 0 fully saturated rings. The summed E-state index contributed by atoms with van der Waals surface area (Å²) in [4.78, 5) is 9.65. The Labute approximate surface area is 264 Å². The molecule has 0 saturated carbocycles. The number of carbonyl (C=O) groups excluding carboxylic acids is 1. The van der Waals surface area contributed by atoms with Crippen molar-refractivity contribution in [2.24, 2.45) is 0 Å². The third-order valence-corrected chi connectivity index (χ3v) is 0.756. The summed E-state index contributed by atoms with van der Waals surface area (Å²) in [6, 6.07) is 0. The largest absolute Gasteiger partial charge is 0.322 e. The van der Waals surface area contributed by atoms with Crippen LogP contribution in [0.25, 0.3) is 0 Å². The summed E-state index contributed by atoms with van der Waals surface area (Å²) in [5, 5.41) is 0. The second-order valence-corrected chi connectivity index (χ2v) is 1.48. The number of hydrogen-bond donors (Lipinski definition) is 0. The first-order valence-electron chi connectivity index (χ1n) is 2.67. The zero-order chi connectivity index (χ0) is 5.54. The van der Waals surface area contributed by atoms with E-state index < -0.39 is 0 Å². The van der Waals surface area contributed by atoms with Gasteiger partial charge in [-0.05, 0) is 0 Å². The Hall–Kier alpha value is 7.40. The van der Waals surface area contributed by atoms with Crippen LogP contribution < -0.4 is 0 Å². The van der Waals surface area contributed by atoms with Crippen LogP contribution in [0, 0.1) is 6.42 Å². The predicted octanol–water partition coefficient (Wildman–Crippen LogP) is 1.56. The van der Waals surface area contributed by atoms with Crippen molar-refractivity contribution in [2.75, 3.05) is 0 Å². The van der Waals surface area contributed by atoms with E-state index in [4.69, 9.17) is 0 Å². The van der Waals surface area contributed by atoms with E-state index in [0.717, 1.165) is 19.1 Å². The zero-order valence-electron chi connectivity index (χ0n) is 8.73. The molecule has 0 aromatic heterocycles. The number of hydrogen-bond acceptors (Lipinski definition) is 1. The Kier molecular flexibility index (Phi) is 177. The first-order valence-corrected chi connectivity index (χ1v) is 2.67. The second kappa shape index (κ2) is 49.9. The first-order chi connectivity index (χ1) is 3.41. The predicted molar refractivity (Wildman–Crippen MR) is 29.9 cm³/mol. The Balaban J connectivity index is -0.00000000857. The van der Waals surface area contributed by atoms with E-state index in [1.54, 1.807) is 0 Å². The van der Waals surface area contributed by atoms with Crippen molar-refractivity contribution in [3.8, 4) is 0 Å². The fourth-order valence-corrected chi connectivity index (χ4v) is 0.390. The van der Waals surface area contributed by atoms with Gasteiger partial charge >= 0.3 is 0 Å². The molecule has 0 bridgehead atoms. The molecule has 63 valence electrons. The fraction of sp³-hybridized carbons (Fsp3) is 0.667. The van der Waals surface area contributed by atoms with Gasteiger partial charge in [0.1, 0.15) is 0 Å². The molecule has 0 N–H and O–H groups in total. The maximum Gasteiger partial charge on any atom is 0.0900 e. The van der Waals surface area contributed by atoms with Crippen LogP contribution in [-0.4, -0.2) is 6.29 Å². The Morgan fingerprint density at radius 2 is 1.29 bits per heavy atom. The minimum absolute atomic E-state index is 0. The molecule has 0 unspecified atom stereocenters. The van der Waals surface area contributed by atoms with Gasteiger partial charge in [0.2, 0.25) is 0 Å². The average molecular weight is 721 g/mol. The number of carbonyl (C=O) groups is 1. The van der Waals surface area contributed by atoms with E-state index in [-0.39, 0.29) is 229 Å². The van der Waals surface area contributed by atoms with Gasteiger partial charge in [0.25, 0.3) is 0 Å². The van der Waals surface area contributed by atoms with E-state index in [2.05, 4.69) is 6.92 Å². The standard InChI is InChI=1S/C6H11O.7Y/c1-2-3-4-5-6-7;;;;;;;/h4,6H,2-3,5H2,1H3;;;;;;;/q-1;;;;;;;. The van der Waals surface area contributed by atoms with Crippen molar-refractivity contribution < 1.29 is 234 Å². The summed E-state index contributed by atoms with van der Waals surface area (Å²) in [5.74, 6) is 0. The maximum absolute atomic E-state index is 9.65. The van der Waals surface area contributed by atoms with Crippen LogP contribution in [0.3, 0.4) is 0 Å². The van der Waals surface area contributed by atoms with E-state index >= 15 is 0 Å². The van der Waals surface area contributed by atoms with E-state index in [9.17, 15) is 4.79 Å². The second-order valence-electron chi connectivity index (χ2n) is 1.48. The molecule has 0 rings (SSSR count). The van der Waals surface area contributed by atoms with Crippen LogP contribution in [0.1, 0.15) is 26.2 Å². The summed E-state index contributed by atoms with van der Waals surface area (Å²) < 4.78 is 0. The minimum atomic E-state index is 0. The summed E-state index contributed by atoms with van der Waals surface area (Å²) in [6.45, 7) is 2.10. The monoisotopic (exact) mass is 721 g/mol. The molecular formula is C6H11OY7-. The van der Waals surface area contributed by atoms with Gasteiger partial charge in [0, 0.05) is 229 Å². The molecule has 0 heterocycles. The molecule has 0 aliphatic rings. The van der Waals surface area contributed by atoms with Gasteiger partial charge in [0.05, 0.1) is 6.29 Å². The molecule has 0 aliphatic carbocycles. The van der Waals surface area contributed by atoms with Crippen molar-refractivity contribution >= 4 is 6.29 Å². The molecule has 8 heteroatoms. The molecule has 0 saturated heterocycles. The van der Waals surface area contributed by atoms with Gasteiger partial charge in [-0.1, -0.05) is 13.3 Å². The first kappa shape index (κ1) is 49.6. The van der Waals surface area contributed by atoms with Crippen LogP contribution in [0.2, 0.25) is 0 Å². The van der Waals surface area contributed by atoms with Crippen molar-refractivity contribution in [3.63, 3.8) is 0 Å². The fourth-order valence-electron chi connectivity index (χ4n) is 0.390. The van der Waals surface area contributed by atoms with Gasteiger partial charge in [-0.3, -0.25) is 0 Å². The number of unbranched alkanes of at least 4 members (excludes halogenated alkanes) is 3. The summed E-state index contributed by atoms with van der Waals surface area (Å²) in [5.41, 5.74) is 0. The smallest absolute Gasteiger partial charge is 0.0900 e. The van der Waals surface area contributed by atoms with Crippen molar-refractivity contribution in [1.82, 2.24) is 0 Å². The molecule has 0 atom stereocenters. The Morgan fingerprint density at radius 1 is 0.929 bits per heavy atom. The average Bonchev–Trinajstić information content (AvgIpc) is 1.69. The third-order valence-electron chi connectivity index (χ3n) is 0.756. The zero-order valence-corrected chi connectivity index (χ0v) is 28.6. The Morgan fingerprint density at radius 3 is 1.50 bits per heavy atom. The summed E-state index contributed by atoms with van der Waals surface area (Å²) >= 11 is 0. The summed E-state index contributed by atoms with van der Waals surface area (Å²) in [7, 11) is 0. The van der Waals surface area contributed by atoms with Crippen molar-refractivity contribution in [3.05, 3.63) is 6.42 Å². The molecule has 0 spiro atoms. The number of aldehydes is 1. The molecule has 0 aliphatic heterocycles. The van der Waals surface area contributed by atoms with Gasteiger partial charge in [0.15, 0.2) is 0 Å². The van der Waals surface area contributed by atoms with Gasteiger partial charge in [-0.2, -0.15) is 6.42 Å². The van der Waals surface area contributed by atoms with Gasteiger partial charge in [-0.25, -0.2) is 0 Å². The van der Waals surface area contributed by atoms with Crippen molar-refractivity contribution in [2.45, 2.75) is 26.2 Å². The molecule has 7 radical (unpaired) electrons. The summed E-state index contributed by atoms with van der Waals surface area (Å²) in [6.07, 6.45) is 5.75. The van der Waals surface area contributed by atoms with Crippen LogP contribution in [0.15, 0.2) is 0 Å². The Bertz CT molecular complexity index is 55.4. The molecule has 0 amide bonds. The normalized spacial score (nSPS) is 4.36. The van der Waals surface area contributed by atoms with Crippen LogP contribution in [0.4, 0.5) is 0 Å².